The molecule has 0 amide bonds. The van der Waals surface area contributed by atoms with Crippen LogP contribution in [0.2, 0.25) is 0 Å². The minimum atomic E-state index is 0. The molecule has 0 heterocycles. The van der Waals surface area contributed by atoms with Gasteiger partial charge in [0.25, 0.3) is 0 Å². The third-order valence-electron chi connectivity index (χ3n) is 0. The summed E-state index contributed by atoms with van der Waals surface area (Å²) in [6.45, 7) is 0. The molecule has 0 aromatic carbocycles. The summed E-state index contributed by atoms with van der Waals surface area (Å²) in [5.41, 5.74) is 0. The molecule has 0 aliphatic heterocycles. The van der Waals surface area contributed by atoms with Gasteiger partial charge in [0.05, 0.1) is 0 Å². The molecule has 0 bridgehead atoms. The zero-order valence-corrected chi connectivity index (χ0v) is 12.1. The predicted octanol–water partition coefficient (Wildman–Crippen LogP) is 1.64. The first kappa shape index (κ1) is 149. The molecule has 40 valence electrons. The Kier molecular flexibility index (Phi) is 2160. The Balaban J connectivity index is 0. The third-order valence-corrected chi connectivity index (χ3v) is 0. The fraction of sp³-hybridized carbons (Fsp3) is 0.333. The molecule has 0 nitrogen and oxygen atoms in total. The molecule has 0 spiro atoms. The van der Waals surface area contributed by atoms with Crippen LogP contribution in [0.1, 0.15) is 7.43 Å². The van der Waals surface area contributed by atoms with Crippen molar-refractivity contribution >= 4 is 27.0 Å². The molecule has 0 aromatic heterocycles. The molecular formula is C3H12S2Zn2. The average Bonchev–Trinajstić information content (AvgIpc) is 0. The van der Waals surface area contributed by atoms with Gasteiger partial charge >= 0.3 is 39.0 Å². The van der Waals surface area contributed by atoms with Crippen molar-refractivity contribution in [3.8, 4) is 0 Å². The van der Waals surface area contributed by atoms with E-state index >= 15 is 0 Å². The third kappa shape index (κ3) is 74.2. The van der Waals surface area contributed by atoms with E-state index in [0.717, 1.165) is 0 Å². The maximum absolute atomic E-state index is 0. The smallest absolute Gasteiger partial charge is 2.00 e. The van der Waals surface area contributed by atoms with Gasteiger partial charge in [0.2, 0.25) is 0 Å². The molecule has 0 radical (unpaired) electrons. The Labute approximate surface area is 87.6 Å². The molecule has 7 heavy (non-hydrogen) atoms. The van der Waals surface area contributed by atoms with Crippen LogP contribution in [0.25, 0.3) is 0 Å². The van der Waals surface area contributed by atoms with Crippen LogP contribution in [-0.4, -0.2) is 0 Å². The zero-order chi connectivity index (χ0) is 0. The second kappa shape index (κ2) is 101. The van der Waals surface area contributed by atoms with Crippen LogP contribution in [-0.2, 0) is 52.5 Å². The van der Waals surface area contributed by atoms with Crippen molar-refractivity contribution in [3.63, 3.8) is 0 Å². The molecular weight excluding hydrogens is 231 g/mol. The first-order valence-corrected chi connectivity index (χ1v) is 0. The van der Waals surface area contributed by atoms with E-state index in [0.29, 0.717) is 0 Å². The van der Waals surface area contributed by atoms with Crippen molar-refractivity contribution in [3.05, 3.63) is 14.9 Å². The first-order chi connectivity index (χ1) is 0. The fourth-order valence-electron chi connectivity index (χ4n) is 0. The average molecular weight is 243 g/mol. The van der Waals surface area contributed by atoms with Crippen LogP contribution in [0, 0.1) is 14.9 Å². The normalized spacial score (nSPS) is 0. The summed E-state index contributed by atoms with van der Waals surface area (Å²) in [7, 11) is 0. The zero-order valence-electron chi connectivity index (χ0n) is 4.32. The van der Waals surface area contributed by atoms with E-state index in [-0.39, 0.29) is 88.2 Å². The van der Waals surface area contributed by atoms with Crippen LogP contribution in [0.4, 0.5) is 0 Å². The van der Waals surface area contributed by atoms with Gasteiger partial charge in [0.15, 0.2) is 0 Å². The molecule has 4 heteroatoms. The summed E-state index contributed by atoms with van der Waals surface area (Å²) in [5, 5.41) is 0. The molecule has 0 atom stereocenters. The fourth-order valence-corrected chi connectivity index (χ4v) is 0. The summed E-state index contributed by atoms with van der Waals surface area (Å²) >= 11 is 0. The quantitative estimate of drug-likeness (QED) is 0.448. The van der Waals surface area contributed by atoms with Gasteiger partial charge < -0.3 is 28.3 Å². The second-order valence-electron chi connectivity index (χ2n) is 0. The molecule has 0 unspecified atom stereocenters. The molecule has 0 N–H and O–H groups in total. The van der Waals surface area contributed by atoms with Crippen molar-refractivity contribution < 1.29 is 39.0 Å². The summed E-state index contributed by atoms with van der Waals surface area (Å²) in [5.74, 6) is 0. The van der Waals surface area contributed by atoms with E-state index in [9.17, 15) is 0 Å². The Hall–Kier alpha value is 1.95. The Morgan fingerprint density at radius 1 is 0.714 bits per heavy atom. The molecule has 0 saturated carbocycles. The molecule has 0 aromatic rings. The van der Waals surface area contributed by atoms with Crippen molar-refractivity contribution in [2.75, 3.05) is 0 Å². The van der Waals surface area contributed by atoms with Crippen molar-refractivity contribution in [1.82, 2.24) is 0 Å². The van der Waals surface area contributed by atoms with E-state index < -0.39 is 0 Å². The molecule has 0 rings (SSSR count). The van der Waals surface area contributed by atoms with Gasteiger partial charge in [-0.1, -0.05) is 7.43 Å². The van der Waals surface area contributed by atoms with Crippen molar-refractivity contribution in [1.29, 1.82) is 0 Å². The molecule has 0 aliphatic carbocycles. The maximum atomic E-state index is 0. The van der Waals surface area contributed by atoms with Gasteiger partial charge in [-0.3, -0.25) is 0 Å². The van der Waals surface area contributed by atoms with Crippen LogP contribution < -0.4 is 0 Å². The number of hydrogen-bond donors (Lipinski definition) is 0. The van der Waals surface area contributed by atoms with Crippen LogP contribution in [0.3, 0.4) is 0 Å². The topological polar surface area (TPSA) is 0 Å². The SMILES string of the molecule is C.S.[CH3-].[CH3-].[S-2].[Zn+2].[Zn+2]. The standard InChI is InChI=1S/CH4.2CH3.H2S.S.2Zn/h1H4;2*1H3;1H2;;;/q;2*-1;;-2;2*+2. The first-order valence-electron chi connectivity index (χ1n) is 0. The van der Waals surface area contributed by atoms with E-state index in [2.05, 4.69) is 0 Å². The van der Waals surface area contributed by atoms with Gasteiger partial charge in [-0.2, -0.15) is 13.5 Å². The minimum absolute atomic E-state index is 0. The molecule has 0 saturated heterocycles. The number of hydrogen-bond acceptors (Lipinski definition) is 0. The second-order valence-corrected chi connectivity index (χ2v) is 0. The monoisotopic (exact) mass is 240 g/mol. The summed E-state index contributed by atoms with van der Waals surface area (Å²) in [4.78, 5) is 0. The van der Waals surface area contributed by atoms with E-state index in [4.69, 9.17) is 0 Å². The van der Waals surface area contributed by atoms with Crippen LogP contribution in [0.15, 0.2) is 0 Å². The van der Waals surface area contributed by atoms with Gasteiger partial charge in [0, 0.05) is 0 Å². The Bertz CT molecular complexity index is 10.9. The summed E-state index contributed by atoms with van der Waals surface area (Å²) in [6.07, 6.45) is 0. The largest absolute Gasteiger partial charge is 2.00 e. The van der Waals surface area contributed by atoms with E-state index in [1.165, 1.54) is 0 Å². The van der Waals surface area contributed by atoms with Gasteiger partial charge in [-0.15, -0.1) is 0 Å². The number of rotatable bonds is 0. The maximum Gasteiger partial charge on any atom is 2.00 e. The van der Waals surface area contributed by atoms with Gasteiger partial charge in [-0.25, -0.2) is 0 Å². The van der Waals surface area contributed by atoms with Crippen LogP contribution in [0.5, 0.6) is 0 Å². The van der Waals surface area contributed by atoms with Crippen molar-refractivity contribution in [2.45, 2.75) is 7.43 Å². The van der Waals surface area contributed by atoms with Crippen LogP contribution >= 0.6 is 13.5 Å². The van der Waals surface area contributed by atoms with Crippen molar-refractivity contribution in [2.24, 2.45) is 0 Å². The molecule has 0 fully saturated rings. The van der Waals surface area contributed by atoms with E-state index in [1.54, 1.807) is 0 Å². The summed E-state index contributed by atoms with van der Waals surface area (Å²) < 4.78 is 0. The Morgan fingerprint density at radius 3 is 0.714 bits per heavy atom. The van der Waals surface area contributed by atoms with E-state index in [1.807, 2.05) is 0 Å². The van der Waals surface area contributed by atoms with Gasteiger partial charge in [0.1, 0.15) is 0 Å². The molecule has 0 aliphatic rings. The van der Waals surface area contributed by atoms with Gasteiger partial charge in [-0.05, 0) is 0 Å². The summed E-state index contributed by atoms with van der Waals surface area (Å²) in [6, 6.07) is 0. The Morgan fingerprint density at radius 2 is 0.714 bits per heavy atom. The minimum Gasteiger partial charge on any atom is -2.00 e. The predicted molar refractivity (Wildman–Crippen MR) is 37.3 cm³/mol.